The molecule has 2 rings (SSSR count). The molecule has 2 unspecified atom stereocenters. The number of hydrogen-bond donors (Lipinski definition) is 3. The van der Waals surface area contributed by atoms with Crippen molar-refractivity contribution in [2.24, 2.45) is 11.7 Å². The first-order valence-corrected chi connectivity index (χ1v) is 6.27. The zero-order chi connectivity index (χ0) is 14.0. The molecule has 2 atom stereocenters. The van der Waals surface area contributed by atoms with Crippen LogP contribution in [0.4, 0.5) is 0 Å². The molecule has 19 heavy (non-hydrogen) atoms. The van der Waals surface area contributed by atoms with Gasteiger partial charge in [0.2, 0.25) is 5.91 Å². The number of primary amides is 1. The number of nitrogens with two attached hydrogens (primary N) is 1. The Balaban J connectivity index is 2.04. The fraction of sp³-hybridized carbons (Fsp3) is 0.429. The molecule has 1 aromatic rings. The Morgan fingerprint density at radius 1 is 1.21 bits per heavy atom. The summed E-state index contributed by atoms with van der Waals surface area (Å²) in [6.07, 6.45) is -0.828. The Labute approximate surface area is 111 Å². The van der Waals surface area contributed by atoms with Crippen LogP contribution in [0.15, 0.2) is 24.3 Å². The molecule has 0 spiro atoms. The van der Waals surface area contributed by atoms with Gasteiger partial charge in [0.15, 0.2) is 5.78 Å². The minimum Gasteiger partial charge on any atom is -0.390 e. The van der Waals surface area contributed by atoms with Crippen molar-refractivity contribution in [1.82, 2.24) is 0 Å². The lowest BCUT2D eigenvalue weighted by molar-refractivity contribution is -0.121. The molecular formula is C14H17NO4. The molecule has 1 fully saturated rings. The van der Waals surface area contributed by atoms with E-state index in [1.165, 1.54) is 0 Å². The SMILES string of the molecule is NC(=O)CC(O)C(O)c1ccc(C(=O)C2CC2)cc1. The molecule has 5 heteroatoms. The normalized spacial score (nSPS) is 17.8. The molecule has 1 amide bonds. The standard InChI is InChI=1S/C14H17NO4/c15-12(17)7-11(16)14(19)10-5-3-9(4-6-10)13(18)8-1-2-8/h3-6,8,11,14,16,19H,1-2,7H2,(H2,15,17). The van der Waals surface area contributed by atoms with Gasteiger partial charge in [-0.3, -0.25) is 9.59 Å². The average molecular weight is 263 g/mol. The van der Waals surface area contributed by atoms with E-state index in [2.05, 4.69) is 0 Å². The van der Waals surface area contributed by atoms with Crippen LogP contribution in [-0.2, 0) is 4.79 Å². The van der Waals surface area contributed by atoms with Crippen molar-refractivity contribution in [2.75, 3.05) is 0 Å². The summed E-state index contributed by atoms with van der Waals surface area (Å²) in [4.78, 5) is 22.5. The maximum atomic E-state index is 11.8. The van der Waals surface area contributed by atoms with Crippen LogP contribution >= 0.6 is 0 Å². The summed E-state index contributed by atoms with van der Waals surface area (Å²) >= 11 is 0. The van der Waals surface area contributed by atoms with E-state index < -0.39 is 18.1 Å². The van der Waals surface area contributed by atoms with Crippen LogP contribution < -0.4 is 5.73 Å². The summed E-state index contributed by atoms with van der Waals surface area (Å²) in [5.41, 5.74) is 6.03. The summed E-state index contributed by atoms with van der Waals surface area (Å²) in [6.45, 7) is 0. The van der Waals surface area contributed by atoms with Gasteiger partial charge in [-0.25, -0.2) is 0 Å². The Morgan fingerprint density at radius 2 is 1.79 bits per heavy atom. The van der Waals surface area contributed by atoms with E-state index in [-0.39, 0.29) is 18.1 Å². The molecule has 0 saturated heterocycles. The van der Waals surface area contributed by atoms with Gasteiger partial charge in [0, 0.05) is 11.5 Å². The molecule has 0 heterocycles. The van der Waals surface area contributed by atoms with Crippen molar-refractivity contribution in [2.45, 2.75) is 31.5 Å². The summed E-state index contributed by atoms with van der Waals surface area (Å²) in [7, 11) is 0. The van der Waals surface area contributed by atoms with Crippen LogP contribution in [-0.4, -0.2) is 28.0 Å². The van der Waals surface area contributed by atoms with Crippen molar-refractivity contribution in [3.8, 4) is 0 Å². The first kappa shape index (κ1) is 13.7. The van der Waals surface area contributed by atoms with E-state index in [1.54, 1.807) is 24.3 Å². The number of hydrogen-bond acceptors (Lipinski definition) is 4. The Kier molecular flexibility index (Phi) is 3.97. The van der Waals surface area contributed by atoms with Crippen LogP contribution in [0.3, 0.4) is 0 Å². The maximum absolute atomic E-state index is 11.8. The van der Waals surface area contributed by atoms with Gasteiger partial charge < -0.3 is 15.9 Å². The predicted molar refractivity (Wildman–Crippen MR) is 68.3 cm³/mol. The highest BCUT2D eigenvalue weighted by Gasteiger charge is 2.30. The number of benzene rings is 1. The summed E-state index contributed by atoms with van der Waals surface area (Å²) in [5, 5.41) is 19.4. The number of aliphatic hydroxyl groups excluding tert-OH is 2. The number of carbonyl (C=O) groups is 2. The van der Waals surface area contributed by atoms with Gasteiger partial charge in [0.25, 0.3) is 0 Å². The Bertz CT molecular complexity index is 479. The molecule has 0 aliphatic heterocycles. The van der Waals surface area contributed by atoms with Crippen molar-refractivity contribution in [3.63, 3.8) is 0 Å². The van der Waals surface area contributed by atoms with Crippen LogP contribution in [0.2, 0.25) is 0 Å². The molecule has 5 nitrogen and oxygen atoms in total. The summed E-state index contributed by atoms with van der Waals surface area (Å²) in [6, 6.07) is 6.45. The Morgan fingerprint density at radius 3 is 2.26 bits per heavy atom. The number of carbonyl (C=O) groups excluding carboxylic acids is 2. The minimum atomic E-state index is -1.23. The smallest absolute Gasteiger partial charge is 0.220 e. The van der Waals surface area contributed by atoms with Crippen molar-refractivity contribution in [1.29, 1.82) is 0 Å². The summed E-state index contributed by atoms with van der Waals surface area (Å²) < 4.78 is 0. The largest absolute Gasteiger partial charge is 0.390 e. The zero-order valence-corrected chi connectivity index (χ0v) is 10.5. The lowest BCUT2D eigenvalue weighted by Gasteiger charge is -2.17. The van der Waals surface area contributed by atoms with Gasteiger partial charge in [-0.05, 0) is 18.4 Å². The lowest BCUT2D eigenvalue weighted by atomic mass is 9.99. The molecular weight excluding hydrogens is 246 g/mol. The first-order valence-electron chi connectivity index (χ1n) is 6.27. The van der Waals surface area contributed by atoms with Gasteiger partial charge in [-0.2, -0.15) is 0 Å². The maximum Gasteiger partial charge on any atom is 0.220 e. The molecule has 0 radical (unpaired) electrons. The van der Waals surface area contributed by atoms with Gasteiger partial charge in [-0.15, -0.1) is 0 Å². The molecule has 1 aliphatic carbocycles. The van der Waals surface area contributed by atoms with Gasteiger partial charge in [0.1, 0.15) is 6.10 Å². The van der Waals surface area contributed by atoms with E-state index in [9.17, 15) is 19.8 Å². The second kappa shape index (κ2) is 5.50. The monoisotopic (exact) mass is 263 g/mol. The second-order valence-electron chi connectivity index (χ2n) is 4.94. The molecule has 102 valence electrons. The fourth-order valence-corrected chi connectivity index (χ4v) is 1.97. The van der Waals surface area contributed by atoms with Crippen molar-refractivity contribution < 1.29 is 19.8 Å². The number of amides is 1. The number of rotatable bonds is 6. The molecule has 1 aliphatic rings. The lowest BCUT2D eigenvalue weighted by Crippen LogP contribution is -2.25. The highest BCUT2D eigenvalue weighted by atomic mass is 16.3. The highest BCUT2D eigenvalue weighted by Crippen LogP contribution is 2.32. The van der Waals surface area contributed by atoms with Crippen LogP contribution in [0.25, 0.3) is 0 Å². The molecule has 0 aromatic heterocycles. The van der Waals surface area contributed by atoms with Gasteiger partial charge in [0.05, 0.1) is 12.5 Å². The third-order valence-corrected chi connectivity index (χ3v) is 3.26. The van der Waals surface area contributed by atoms with Crippen molar-refractivity contribution in [3.05, 3.63) is 35.4 Å². The predicted octanol–water partition coefficient (Wildman–Crippen LogP) is 0.549. The zero-order valence-electron chi connectivity index (χ0n) is 10.5. The van der Waals surface area contributed by atoms with E-state index in [4.69, 9.17) is 5.73 Å². The third-order valence-electron chi connectivity index (χ3n) is 3.26. The second-order valence-corrected chi connectivity index (χ2v) is 4.94. The van der Waals surface area contributed by atoms with Crippen LogP contribution in [0.1, 0.15) is 41.3 Å². The number of aliphatic hydroxyl groups is 2. The topological polar surface area (TPSA) is 101 Å². The van der Waals surface area contributed by atoms with Gasteiger partial charge >= 0.3 is 0 Å². The van der Waals surface area contributed by atoms with Crippen LogP contribution in [0.5, 0.6) is 0 Å². The van der Waals surface area contributed by atoms with E-state index >= 15 is 0 Å². The average Bonchev–Trinajstić information content (AvgIpc) is 3.20. The number of ketones is 1. The molecule has 1 aromatic carbocycles. The van der Waals surface area contributed by atoms with E-state index in [0.717, 1.165) is 12.8 Å². The van der Waals surface area contributed by atoms with Crippen LogP contribution in [0, 0.1) is 5.92 Å². The molecule has 4 N–H and O–H groups in total. The quantitative estimate of drug-likeness (QED) is 0.652. The molecule has 0 bridgehead atoms. The van der Waals surface area contributed by atoms with E-state index in [0.29, 0.717) is 11.1 Å². The van der Waals surface area contributed by atoms with E-state index in [1.807, 2.05) is 0 Å². The third kappa shape index (κ3) is 3.39. The Hall–Kier alpha value is -1.72. The molecule has 1 saturated carbocycles. The fourth-order valence-electron chi connectivity index (χ4n) is 1.97. The van der Waals surface area contributed by atoms with Gasteiger partial charge in [-0.1, -0.05) is 24.3 Å². The first-order chi connectivity index (χ1) is 8.99. The minimum absolute atomic E-state index is 0.124. The highest BCUT2D eigenvalue weighted by molar-refractivity contribution is 5.99. The van der Waals surface area contributed by atoms with Crippen molar-refractivity contribution >= 4 is 11.7 Å². The summed E-state index contributed by atoms with van der Waals surface area (Å²) in [5.74, 6) is -0.401. The number of Topliss-reactive ketones (excluding diaryl/α,β-unsaturated/α-hetero) is 1.